The largest absolute Gasteiger partial charge is 0.496 e. The molecule has 1 aliphatic rings. The van der Waals surface area contributed by atoms with E-state index in [4.69, 9.17) is 22.1 Å². The summed E-state index contributed by atoms with van der Waals surface area (Å²) in [6.07, 6.45) is 8.27. The van der Waals surface area contributed by atoms with Gasteiger partial charge in [0.25, 0.3) is 0 Å². The predicted octanol–water partition coefficient (Wildman–Crippen LogP) is 4.68. The average molecular weight is 296 g/mol. The normalized spacial score (nSPS) is 18.0. The van der Waals surface area contributed by atoms with Crippen molar-refractivity contribution >= 4 is 11.6 Å². The first kappa shape index (κ1) is 15.7. The zero-order valence-electron chi connectivity index (χ0n) is 12.6. The Kier molecular flexibility index (Phi) is 5.74. The SMILES string of the molecule is CCC(N)Cc1cc(Cl)cc(C2CCCCC2)c1OC. The van der Waals surface area contributed by atoms with Gasteiger partial charge in [-0.3, -0.25) is 0 Å². The fourth-order valence-electron chi connectivity index (χ4n) is 3.22. The number of benzene rings is 1. The minimum absolute atomic E-state index is 0.168. The van der Waals surface area contributed by atoms with E-state index >= 15 is 0 Å². The molecule has 0 bridgehead atoms. The minimum atomic E-state index is 0.168. The Balaban J connectivity index is 2.34. The fraction of sp³-hybridized carbons (Fsp3) is 0.647. The Labute approximate surface area is 127 Å². The molecular formula is C17H26ClNO. The van der Waals surface area contributed by atoms with Crippen molar-refractivity contribution in [1.29, 1.82) is 0 Å². The van der Waals surface area contributed by atoms with E-state index in [9.17, 15) is 0 Å². The maximum absolute atomic E-state index is 6.33. The number of halogens is 1. The van der Waals surface area contributed by atoms with Crippen LogP contribution in [0.1, 0.15) is 62.5 Å². The van der Waals surface area contributed by atoms with Crippen LogP contribution < -0.4 is 10.5 Å². The van der Waals surface area contributed by atoms with Gasteiger partial charge in [-0.2, -0.15) is 0 Å². The van der Waals surface area contributed by atoms with E-state index in [0.717, 1.165) is 29.2 Å². The maximum atomic E-state index is 6.33. The van der Waals surface area contributed by atoms with Crippen molar-refractivity contribution in [3.05, 3.63) is 28.3 Å². The monoisotopic (exact) mass is 295 g/mol. The second-order valence-electron chi connectivity index (χ2n) is 5.89. The Bertz CT molecular complexity index is 441. The van der Waals surface area contributed by atoms with Crippen molar-refractivity contribution in [2.24, 2.45) is 5.73 Å². The van der Waals surface area contributed by atoms with Crippen LogP contribution in [0.2, 0.25) is 5.02 Å². The first-order chi connectivity index (χ1) is 9.65. The third-order valence-electron chi connectivity index (χ3n) is 4.41. The molecule has 0 aromatic heterocycles. The molecular weight excluding hydrogens is 270 g/mol. The van der Waals surface area contributed by atoms with Gasteiger partial charge in [0.15, 0.2) is 0 Å². The molecule has 0 radical (unpaired) electrons. The molecule has 2 N–H and O–H groups in total. The van der Waals surface area contributed by atoms with Crippen LogP contribution in [0.15, 0.2) is 12.1 Å². The summed E-state index contributed by atoms with van der Waals surface area (Å²) in [5, 5.41) is 0.810. The molecule has 1 saturated carbocycles. The number of hydrogen-bond acceptors (Lipinski definition) is 2. The summed E-state index contributed by atoms with van der Waals surface area (Å²) < 4.78 is 5.72. The molecule has 0 amide bonds. The second kappa shape index (κ2) is 7.33. The van der Waals surface area contributed by atoms with Gasteiger partial charge in [0.2, 0.25) is 0 Å². The van der Waals surface area contributed by atoms with Gasteiger partial charge in [-0.15, -0.1) is 0 Å². The van der Waals surface area contributed by atoms with E-state index in [2.05, 4.69) is 13.0 Å². The first-order valence-electron chi connectivity index (χ1n) is 7.77. The van der Waals surface area contributed by atoms with Crippen LogP contribution in [0, 0.1) is 0 Å². The molecule has 0 heterocycles. The molecule has 3 heteroatoms. The van der Waals surface area contributed by atoms with Crippen molar-refractivity contribution < 1.29 is 4.74 Å². The molecule has 0 saturated heterocycles. The van der Waals surface area contributed by atoms with Gasteiger partial charge >= 0.3 is 0 Å². The van der Waals surface area contributed by atoms with Crippen LogP contribution in [-0.2, 0) is 6.42 Å². The minimum Gasteiger partial charge on any atom is -0.496 e. The third kappa shape index (κ3) is 3.67. The van der Waals surface area contributed by atoms with Gasteiger partial charge < -0.3 is 10.5 Å². The average Bonchev–Trinajstić information content (AvgIpc) is 2.47. The number of methoxy groups -OCH3 is 1. The molecule has 1 aromatic carbocycles. The number of hydrogen-bond donors (Lipinski definition) is 1. The summed E-state index contributed by atoms with van der Waals surface area (Å²) in [6.45, 7) is 2.11. The van der Waals surface area contributed by atoms with Crippen molar-refractivity contribution in [2.75, 3.05) is 7.11 Å². The number of rotatable bonds is 5. The zero-order chi connectivity index (χ0) is 14.5. The standard InChI is InChI=1S/C17H26ClNO/c1-3-15(19)10-13-9-14(18)11-16(17(13)20-2)12-7-5-4-6-8-12/h9,11-12,15H,3-8,10,19H2,1-2H3. The topological polar surface area (TPSA) is 35.2 Å². The van der Waals surface area contributed by atoms with Gasteiger partial charge in [-0.05, 0) is 54.9 Å². The Hall–Kier alpha value is -0.730. The highest BCUT2D eigenvalue weighted by atomic mass is 35.5. The van der Waals surface area contributed by atoms with Crippen LogP contribution in [0.5, 0.6) is 5.75 Å². The van der Waals surface area contributed by atoms with E-state index in [-0.39, 0.29) is 6.04 Å². The molecule has 1 aliphatic carbocycles. The van der Waals surface area contributed by atoms with E-state index in [1.54, 1.807) is 7.11 Å². The predicted molar refractivity (Wildman–Crippen MR) is 85.8 cm³/mol. The molecule has 0 aliphatic heterocycles. The highest BCUT2D eigenvalue weighted by Crippen LogP contribution is 2.40. The Morgan fingerprint density at radius 2 is 2.00 bits per heavy atom. The molecule has 1 unspecified atom stereocenters. The van der Waals surface area contributed by atoms with Crippen LogP contribution >= 0.6 is 11.6 Å². The van der Waals surface area contributed by atoms with Gasteiger partial charge in [0, 0.05) is 11.1 Å². The maximum Gasteiger partial charge on any atom is 0.125 e. The van der Waals surface area contributed by atoms with Gasteiger partial charge in [-0.1, -0.05) is 37.8 Å². The number of ether oxygens (including phenoxy) is 1. The Morgan fingerprint density at radius 1 is 1.30 bits per heavy atom. The summed E-state index contributed by atoms with van der Waals surface area (Å²) in [5.41, 5.74) is 8.56. The molecule has 1 atom stereocenters. The van der Waals surface area contributed by atoms with Gasteiger partial charge in [0.1, 0.15) is 5.75 Å². The van der Waals surface area contributed by atoms with Gasteiger partial charge in [0.05, 0.1) is 7.11 Å². The highest BCUT2D eigenvalue weighted by molar-refractivity contribution is 6.30. The van der Waals surface area contributed by atoms with Crippen LogP contribution in [0.3, 0.4) is 0 Å². The van der Waals surface area contributed by atoms with Crippen molar-refractivity contribution in [3.63, 3.8) is 0 Å². The lowest BCUT2D eigenvalue weighted by atomic mass is 9.82. The first-order valence-corrected chi connectivity index (χ1v) is 8.15. The van der Waals surface area contributed by atoms with Crippen molar-refractivity contribution in [2.45, 2.75) is 63.8 Å². The Morgan fingerprint density at radius 3 is 2.60 bits per heavy atom. The fourth-order valence-corrected chi connectivity index (χ4v) is 3.47. The summed E-state index contributed by atoms with van der Waals surface area (Å²) in [4.78, 5) is 0. The summed E-state index contributed by atoms with van der Waals surface area (Å²) in [6, 6.07) is 4.28. The van der Waals surface area contributed by atoms with E-state index in [0.29, 0.717) is 5.92 Å². The van der Waals surface area contributed by atoms with E-state index in [1.165, 1.54) is 37.7 Å². The van der Waals surface area contributed by atoms with Crippen LogP contribution in [0.25, 0.3) is 0 Å². The van der Waals surface area contributed by atoms with Crippen molar-refractivity contribution in [3.8, 4) is 5.75 Å². The van der Waals surface area contributed by atoms with E-state index in [1.807, 2.05) is 6.07 Å². The third-order valence-corrected chi connectivity index (χ3v) is 4.63. The van der Waals surface area contributed by atoms with Crippen LogP contribution in [0.4, 0.5) is 0 Å². The number of nitrogens with two attached hydrogens (primary N) is 1. The molecule has 20 heavy (non-hydrogen) atoms. The molecule has 2 nitrogen and oxygen atoms in total. The lowest BCUT2D eigenvalue weighted by Gasteiger charge is -2.26. The molecule has 1 fully saturated rings. The molecule has 0 spiro atoms. The zero-order valence-corrected chi connectivity index (χ0v) is 13.4. The molecule has 2 rings (SSSR count). The molecule has 1 aromatic rings. The lowest BCUT2D eigenvalue weighted by Crippen LogP contribution is -2.22. The van der Waals surface area contributed by atoms with Crippen molar-refractivity contribution in [1.82, 2.24) is 0 Å². The lowest BCUT2D eigenvalue weighted by molar-refractivity contribution is 0.381. The summed E-state index contributed by atoms with van der Waals surface area (Å²) in [7, 11) is 1.76. The quantitative estimate of drug-likeness (QED) is 0.856. The van der Waals surface area contributed by atoms with Gasteiger partial charge in [-0.25, -0.2) is 0 Å². The molecule has 112 valence electrons. The summed E-state index contributed by atoms with van der Waals surface area (Å²) in [5.74, 6) is 1.61. The highest BCUT2D eigenvalue weighted by Gasteiger charge is 2.22. The van der Waals surface area contributed by atoms with E-state index < -0.39 is 0 Å². The smallest absolute Gasteiger partial charge is 0.125 e. The second-order valence-corrected chi connectivity index (χ2v) is 6.33. The summed E-state index contributed by atoms with van der Waals surface area (Å²) >= 11 is 6.33. The van der Waals surface area contributed by atoms with Crippen LogP contribution in [-0.4, -0.2) is 13.2 Å².